The zero-order valence-corrected chi connectivity index (χ0v) is 18.9. The third-order valence-corrected chi connectivity index (χ3v) is 7.72. The van der Waals surface area contributed by atoms with Crippen molar-refractivity contribution in [1.82, 2.24) is 4.31 Å². The monoisotopic (exact) mass is 491 g/mol. The summed E-state index contributed by atoms with van der Waals surface area (Å²) < 4.78 is 54.1. The molecule has 1 aliphatic heterocycles. The molecule has 0 aliphatic carbocycles. The van der Waals surface area contributed by atoms with Gasteiger partial charge in [-0.05, 0) is 66.7 Å². The molecule has 1 N–H and O–H groups in total. The van der Waals surface area contributed by atoms with Crippen molar-refractivity contribution >= 4 is 38.9 Å². The Morgan fingerprint density at radius 1 is 0.848 bits per heavy atom. The minimum absolute atomic E-state index is 0.00861. The van der Waals surface area contributed by atoms with Gasteiger partial charge in [-0.15, -0.1) is 0 Å². The Labute approximate surface area is 195 Å². The van der Waals surface area contributed by atoms with Gasteiger partial charge in [0.25, 0.3) is 5.91 Å². The molecule has 0 atom stereocenters. The molecule has 1 amide bonds. The molecule has 1 heterocycles. The summed E-state index contributed by atoms with van der Waals surface area (Å²) in [6.07, 6.45) is 0. The van der Waals surface area contributed by atoms with Crippen molar-refractivity contribution in [3.63, 3.8) is 0 Å². The Bertz CT molecular complexity index is 1260. The van der Waals surface area contributed by atoms with E-state index in [4.69, 9.17) is 11.6 Å². The van der Waals surface area contributed by atoms with Gasteiger partial charge in [0.1, 0.15) is 16.5 Å². The van der Waals surface area contributed by atoms with Crippen molar-refractivity contribution in [2.45, 2.75) is 4.90 Å². The number of sulfonamides is 1. The lowest BCUT2D eigenvalue weighted by Crippen LogP contribution is -2.48. The van der Waals surface area contributed by atoms with Crippen LogP contribution >= 0.6 is 11.6 Å². The molecule has 0 unspecified atom stereocenters. The standard InChI is InChI=1S/C23H20ClF2N3O3S/c24-21-10-1-16(23(30)27-19-6-2-17(25)3-7-19)15-22(21)33(31,32)29-13-11-28(12-14-29)20-8-4-18(26)5-9-20/h1-10,15H,11-14H2,(H,27,30). The van der Waals surface area contributed by atoms with E-state index in [-0.39, 0.29) is 34.4 Å². The second-order valence-electron chi connectivity index (χ2n) is 7.47. The van der Waals surface area contributed by atoms with E-state index < -0.39 is 21.7 Å². The molecule has 3 aromatic carbocycles. The summed E-state index contributed by atoms with van der Waals surface area (Å²) >= 11 is 6.20. The lowest BCUT2D eigenvalue weighted by Gasteiger charge is -2.35. The van der Waals surface area contributed by atoms with Gasteiger partial charge in [0.2, 0.25) is 10.0 Å². The molecule has 172 valence electrons. The predicted molar refractivity (Wildman–Crippen MR) is 123 cm³/mol. The van der Waals surface area contributed by atoms with Gasteiger partial charge in [0.15, 0.2) is 0 Å². The molecule has 6 nitrogen and oxygen atoms in total. The van der Waals surface area contributed by atoms with Crippen LogP contribution in [0, 0.1) is 11.6 Å². The van der Waals surface area contributed by atoms with Crippen LogP contribution in [0.1, 0.15) is 10.4 Å². The normalized spacial score (nSPS) is 14.8. The van der Waals surface area contributed by atoms with Crippen molar-refractivity contribution < 1.29 is 22.0 Å². The number of rotatable bonds is 5. The molecule has 0 saturated carbocycles. The van der Waals surface area contributed by atoms with Gasteiger partial charge >= 0.3 is 0 Å². The van der Waals surface area contributed by atoms with Crippen molar-refractivity contribution in [1.29, 1.82) is 0 Å². The average Bonchev–Trinajstić information content (AvgIpc) is 2.81. The Kier molecular flexibility index (Phi) is 6.64. The second kappa shape index (κ2) is 9.46. The Morgan fingerprint density at radius 3 is 2.03 bits per heavy atom. The minimum Gasteiger partial charge on any atom is -0.369 e. The Morgan fingerprint density at radius 2 is 1.42 bits per heavy atom. The maximum atomic E-state index is 13.3. The molecule has 0 bridgehead atoms. The highest BCUT2D eigenvalue weighted by Crippen LogP contribution is 2.28. The lowest BCUT2D eigenvalue weighted by molar-refractivity contribution is 0.102. The second-order valence-corrected chi connectivity index (χ2v) is 9.79. The fourth-order valence-corrected chi connectivity index (χ4v) is 5.48. The van der Waals surface area contributed by atoms with E-state index in [9.17, 15) is 22.0 Å². The van der Waals surface area contributed by atoms with Gasteiger partial charge in [0.05, 0.1) is 5.02 Å². The summed E-state index contributed by atoms with van der Waals surface area (Å²) in [6, 6.07) is 15.3. The van der Waals surface area contributed by atoms with E-state index in [0.717, 1.165) is 5.69 Å². The highest BCUT2D eigenvalue weighted by Gasteiger charge is 2.31. The van der Waals surface area contributed by atoms with Gasteiger partial charge in [-0.2, -0.15) is 4.31 Å². The van der Waals surface area contributed by atoms with Crippen LogP contribution in [0.5, 0.6) is 0 Å². The van der Waals surface area contributed by atoms with E-state index in [2.05, 4.69) is 5.32 Å². The third kappa shape index (κ3) is 5.16. The molecule has 3 aromatic rings. The molecule has 0 aromatic heterocycles. The first kappa shape index (κ1) is 23.2. The van der Waals surface area contributed by atoms with Crippen molar-refractivity contribution in [3.05, 3.63) is 89.0 Å². The van der Waals surface area contributed by atoms with Gasteiger partial charge in [-0.25, -0.2) is 17.2 Å². The summed E-state index contributed by atoms with van der Waals surface area (Å²) in [7, 11) is -3.95. The molecule has 0 radical (unpaired) electrons. The van der Waals surface area contributed by atoms with E-state index in [1.165, 1.54) is 58.9 Å². The first-order valence-electron chi connectivity index (χ1n) is 10.1. The predicted octanol–water partition coefficient (Wildman–Crippen LogP) is 4.38. The molecule has 1 saturated heterocycles. The Balaban J connectivity index is 1.50. The van der Waals surface area contributed by atoms with Crippen LogP contribution in [0.4, 0.5) is 20.2 Å². The van der Waals surface area contributed by atoms with Gasteiger partial charge in [-0.1, -0.05) is 11.6 Å². The summed E-state index contributed by atoms with van der Waals surface area (Å²) in [6.45, 7) is 1.27. The van der Waals surface area contributed by atoms with E-state index >= 15 is 0 Å². The molecule has 0 spiro atoms. The fraction of sp³-hybridized carbons (Fsp3) is 0.174. The number of carbonyl (C=O) groups is 1. The van der Waals surface area contributed by atoms with Crippen LogP contribution in [-0.4, -0.2) is 44.8 Å². The van der Waals surface area contributed by atoms with E-state index in [1.54, 1.807) is 12.1 Å². The number of hydrogen-bond acceptors (Lipinski definition) is 4. The number of nitrogens with one attached hydrogen (secondary N) is 1. The van der Waals surface area contributed by atoms with Crippen molar-refractivity contribution in [3.8, 4) is 0 Å². The maximum absolute atomic E-state index is 13.3. The Hall–Kier alpha value is -3.01. The average molecular weight is 492 g/mol. The van der Waals surface area contributed by atoms with Crippen LogP contribution in [0.15, 0.2) is 71.6 Å². The highest BCUT2D eigenvalue weighted by atomic mass is 35.5. The lowest BCUT2D eigenvalue weighted by atomic mass is 10.2. The minimum atomic E-state index is -3.95. The van der Waals surface area contributed by atoms with Crippen LogP contribution in [0.3, 0.4) is 0 Å². The number of carbonyl (C=O) groups excluding carboxylic acids is 1. The van der Waals surface area contributed by atoms with Crippen LogP contribution in [0.2, 0.25) is 5.02 Å². The van der Waals surface area contributed by atoms with Gasteiger partial charge in [-0.3, -0.25) is 4.79 Å². The molecular formula is C23H20ClF2N3O3S. The van der Waals surface area contributed by atoms with Crippen molar-refractivity contribution in [2.24, 2.45) is 0 Å². The molecule has 1 fully saturated rings. The molecule has 10 heteroatoms. The number of amides is 1. The van der Waals surface area contributed by atoms with Gasteiger partial charge < -0.3 is 10.2 Å². The summed E-state index contributed by atoms with van der Waals surface area (Å²) in [5, 5.41) is 2.61. The number of hydrogen-bond donors (Lipinski definition) is 1. The summed E-state index contributed by atoms with van der Waals surface area (Å²) in [4.78, 5) is 14.4. The van der Waals surface area contributed by atoms with E-state index in [0.29, 0.717) is 18.8 Å². The zero-order chi connectivity index (χ0) is 23.6. The highest BCUT2D eigenvalue weighted by molar-refractivity contribution is 7.89. The summed E-state index contributed by atoms with van der Waals surface area (Å²) in [5.74, 6) is -1.32. The number of benzene rings is 3. The quantitative estimate of drug-likeness (QED) is 0.575. The molecule has 4 rings (SSSR count). The topological polar surface area (TPSA) is 69.7 Å². The van der Waals surface area contributed by atoms with Gasteiger partial charge in [0, 0.05) is 43.1 Å². The fourth-order valence-electron chi connectivity index (χ4n) is 3.56. The number of anilines is 2. The number of nitrogens with zero attached hydrogens (tertiary/aromatic N) is 2. The molecular weight excluding hydrogens is 472 g/mol. The van der Waals surface area contributed by atoms with E-state index in [1.807, 2.05) is 4.90 Å². The third-order valence-electron chi connectivity index (χ3n) is 5.34. The molecule has 33 heavy (non-hydrogen) atoms. The van der Waals surface area contributed by atoms with Crippen LogP contribution in [0.25, 0.3) is 0 Å². The molecule has 1 aliphatic rings. The van der Waals surface area contributed by atoms with Crippen LogP contribution < -0.4 is 10.2 Å². The van der Waals surface area contributed by atoms with Crippen molar-refractivity contribution in [2.75, 3.05) is 36.4 Å². The largest absolute Gasteiger partial charge is 0.369 e. The SMILES string of the molecule is O=C(Nc1ccc(F)cc1)c1ccc(Cl)c(S(=O)(=O)N2CCN(c3ccc(F)cc3)CC2)c1. The smallest absolute Gasteiger partial charge is 0.255 e. The van der Waals surface area contributed by atoms with Crippen LogP contribution in [-0.2, 0) is 10.0 Å². The first-order valence-corrected chi connectivity index (χ1v) is 11.9. The zero-order valence-electron chi connectivity index (χ0n) is 17.3. The number of halogens is 3. The maximum Gasteiger partial charge on any atom is 0.255 e. The first-order chi connectivity index (χ1) is 15.7. The number of piperazine rings is 1. The summed E-state index contributed by atoms with van der Waals surface area (Å²) in [5.41, 5.74) is 1.29.